The van der Waals surface area contributed by atoms with E-state index >= 15 is 0 Å². The van der Waals surface area contributed by atoms with E-state index in [1.165, 1.54) is 11.8 Å². The fourth-order valence-electron chi connectivity index (χ4n) is 4.66. The van der Waals surface area contributed by atoms with Gasteiger partial charge in [0.2, 0.25) is 5.95 Å². The number of piperidine rings is 1. The van der Waals surface area contributed by atoms with Crippen molar-refractivity contribution in [3.8, 4) is 11.3 Å². The van der Waals surface area contributed by atoms with Gasteiger partial charge in [-0.3, -0.25) is 4.68 Å². The molecule has 1 spiro atoms. The summed E-state index contributed by atoms with van der Waals surface area (Å²) < 4.78 is 7.70. The molecule has 5 rings (SSSR count). The molecular formula is C23H28ClN7OS. The SMILES string of the molecule is CCn1ccc(-c2cccc(Sc3cnc(N4CCC5(CC4)CO[C@@H](C)[C@H]5N)nn3)c2Cl)n1. The first kappa shape index (κ1) is 22.6. The van der Waals surface area contributed by atoms with E-state index in [0.717, 1.165) is 55.2 Å². The minimum Gasteiger partial charge on any atom is -0.376 e. The molecular weight excluding hydrogens is 458 g/mol. The number of anilines is 1. The highest BCUT2D eigenvalue weighted by Crippen LogP contribution is 2.42. The summed E-state index contributed by atoms with van der Waals surface area (Å²) in [5.41, 5.74) is 8.26. The second-order valence-electron chi connectivity index (χ2n) is 8.76. The van der Waals surface area contributed by atoms with E-state index in [9.17, 15) is 0 Å². The van der Waals surface area contributed by atoms with Gasteiger partial charge in [-0.2, -0.15) is 5.10 Å². The molecule has 2 N–H and O–H groups in total. The van der Waals surface area contributed by atoms with Gasteiger partial charge in [0.1, 0.15) is 5.03 Å². The lowest BCUT2D eigenvalue weighted by molar-refractivity contribution is 0.0973. The van der Waals surface area contributed by atoms with Gasteiger partial charge in [-0.25, -0.2) is 4.98 Å². The molecule has 33 heavy (non-hydrogen) atoms. The molecule has 2 aromatic heterocycles. The highest BCUT2D eigenvalue weighted by atomic mass is 35.5. The van der Waals surface area contributed by atoms with Crippen LogP contribution in [-0.2, 0) is 11.3 Å². The molecule has 2 atom stereocenters. The zero-order valence-electron chi connectivity index (χ0n) is 18.8. The second-order valence-corrected chi connectivity index (χ2v) is 10.2. The number of aryl methyl sites for hydroxylation is 1. The fraction of sp³-hybridized carbons (Fsp3) is 0.478. The number of nitrogens with two attached hydrogens (primary N) is 1. The molecule has 0 bridgehead atoms. The van der Waals surface area contributed by atoms with Crippen LogP contribution in [0.2, 0.25) is 5.02 Å². The number of nitrogens with zero attached hydrogens (tertiary/aromatic N) is 6. The molecule has 174 valence electrons. The molecule has 0 radical (unpaired) electrons. The predicted octanol–water partition coefficient (Wildman–Crippen LogP) is 3.89. The number of hydrogen-bond donors (Lipinski definition) is 1. The molecule has 0 aliphatic carbocycles. The number of aromatic nitrogens is 5. The van der Waals surface area contributed by atoms with E-state index in [1.807, 2.05) is 35.1 Å². The first-order valence-corrected chi connectivity index (χ1v) is 12.5. The molecule has 0 unspecified atom stereocenters. The summed E-state index contributed by atoms with van der Waals surface area (Å²) in [5, 5.41) is 14.7. The number of halogens is 1. The summed E-state index contributed by atoms with van der Waals surface area (Å²) in [6, 6.07) is 8.00. The van der Waals surface area contributed by atoms with Crippen LogP contribution in [0.15, 0.2) is 46.6 Å². The van der Waals surface area contributed by atoms with Crippen molar-refractivity contribution in [2.45, 2.75) is 55.3 Å². The van der Waals surface area contributed by atoms with E-state index in [-0.39, 0.29) is 17.6 Å². The van der Waals surface area contributed by atoms with Crippen LogP contribution in [0.4, 0.5) is 5.95 Å². The highest BCUT2D eigenvalue weighted by Gasteiger charge is 2.47. The van der Waals surface area contributed by atoms with Crippen molar-refractivity contribution < 1.29 is 4.74 Å². The average Bonchev–Trinajstić information content (AvgIpc) is 3.43. The maximum atomic E-state index is 6.71. The van der Waals surface area contributed by atoms with Gasteiger partial charge in [0.25, 0.3) is 0 Å². The van der Waals surface area contributed by atoms with Gasteiger partial charge in [-0.1, -0.05) is 35.5 Å². The van der Waals surface area contributed by atoms with E-state index in [4.69, 9.17) is 22.1 Å². The van der Waals surface area contributed by atoms with Crippen LogP contribution >= 0.6 is 23.4 Å². The predicted molar refractivity (Wildman–Crippen MR) is 130 cm³/mol. The molecule has 1 aromatic carbocycles. The van der Waals surface area contributed by atoms with Gasteiger partial charge in [0.15, 0.2) is 0 Å². The molecule has 3 aromatic rings. The molecule has 2 aliphatic heterocycles. The van der Waals surface area contributed by atoms with Gasteiger partial charge in [-0.15, -0.1) is 10.2 Å². The molecule has 8 nitrogen and oxygen atoms in total. The standard InChI is InChI=1S/C23H28ClN7OS/c1-3-31-10-7-17(29-31)16-5-4-6-18(20(16)24)33-19-13-26-22(28-27-19)30-11-8-23(9-12-30)14-32-15(2)21(23)25/h4-7,10,13,15,21H,3,8-9,11-12,14,25H2,1-2H3/t15-,21+/m0/s1. The summed E-state index contributed by atoms with van der Waals surface area (Å²) in [6.45, 7) is 7.40. The van der Waals surface area contributed by atoms with Gasteiger partial charge in [0.05, 0.1) is 29.6 Å². The Bertz CT molecular complexity index is 1110. The Morgan fingerprint density at radius 3 is 2.70 bits per heavy atom. The van der Waals surface area contributed by atoms with E-state index in [1.54, 1.807) is 6.20 Å². The Balaban J connectivity index is 1.26. The largest absolute Gasteiger partial charge is 0.376 e. The lowest BCUT2D eigenvalue weighted by Gasteiger charge is -2.41. The summed E-state index contributed by atoms with van der Waals surface area (Å²) in [7, 11) is 0. The Kier molecular flexibility index (Phi) is 6.30. The van der Waals surface area contributed by atoms with Crippen molar-refractivity contribution in [1.29, 1.82) is 0 Å². The summed E-state index contributed by atoms with van der Waals surface area (Å²) in [5.74, 6) is 0.652. The lowest BCUT2D eigenvalue weighted by atomic mass is 9.73. The normalized spacial score (nSPS) is 22.2. The summed E-state index contributed by atoms with van der Waals surface area (Å²) >= 11 is 8.17. The number of rotatable bonds is 5. The van der Waals surface area contributed by atoms with E-state index in [2.05, 4.69) is 39.0 Å². The zero-order valence-corrected chi connectivity index (χ0v) is 20.4. The topological polar surface area (TPSA) is 95.0 Å². The Hall–Kier alpha value is -2.20. The average molecular weight is 486 g/mol. The third kappa shape index (κ3) is 4.35. The van der Waals surface area contributed by atoms with Gasteiger partial charge >= 0.3 is 0 Å². The van der Waals surface area contributed by atoms with E-state index < -0.39 is 0 Å². The first-order chi connectivity index (χ1) is 16.0. The minimum absolute atomic E-state index is 0.0772. The summed E-state index contributed by atoms with van der Waals surface area (Å²) in [6.07, 6.45) is 5.80. The van der Waals surface area contributed by atoms with Crippen molar-refractivity contribution in [3.05, 3.63) is 41.7 Å². The van der Waals surface area contributed by atoms with Crippen molar-refractivity contribution in [2.24, 2.45) is 11.1 Å². The third-order valence-corrected chi connectivity index (χ3v) is 8.31. The number of hydrogen-bond acceptors (Lipinski definition) is 8. The second kappa shape index (κ2) is 9.21. The Morgan fingerprint density at radius 1 is 1.24 bits per heavy atom. The molecule has 0 saturated carbocycles. The minimum atomic E-state index is 0.0772. The monoisotopic (exact) mass is 485 g/mol. The molecule has 2 aliphatic rings. The maximum absolute atomic E-state index is 6.71. The van der Waals surface area contributed by atoms with Crippen molar-refractivity contribution in [1.82, 2.24) is 25.0 Å². The molecule has 4 heterocycles. The van der Waals surface area contributed by atoms with Crippen molar-refractivity contribution in [2.75, 3.05) is 24.6 Å². The van der Waals surface area contributed by atoms with Crippen LogP contribution in [0.25, 0.3) is 11.3 Å². The Labute approximate surface area is 202 Å². The van der Waals surface area contributed by atoms with Crippen LogP contribution in [0, 0.1) is 5.41 Å². The van der Waals surface area contributed by atoms with E-state index in [0.29, 0.717) is 16.0 Å². The molecule has 2 fully saturated rings. The fourth-order valence-corrected chi connectivity index (χ4v) is 5.75. The van der Waals surface area contributed by atoms with Crippen LogP contribution in [0.5, 0.6) is 0 Å². The lowest BCUT2D eigenvalue weighted by Crippen LogP contribution is -2.51. The molecule has 0 amide bonds. The van der Waals surface area contributed by atoms with Crippen LogP contribution in [-0.4, -0.2) is 56.8 Å². The number of ether oxygens (including phenoxy) is 1. The van der Waals surface area contributed by atoms with Crippen molar-refractivity contribution >= 4 is 29.3 Å². The van der Waals surface area contributed by atoms with Gasteiger partial charge in [-0.05, 0) is 38.8 Å². The van der Waals surface area contributed by atoms with Crippen LogP contribution in [0.1, 0.15) is 26.7 Å². The quantitative estimate of drug-likeness (QED) is 0.581. The Morgan fingerprint density at radius 2 is 2.06 bits per heavy atom. The smallest absolute Gasteiger partial charge is 0.245 e. The van der Waals surface area contributed by atoms with Crippen LogP contribution in [0.3, 0.4) is 0 Å². The molecule has 2 saturated heterocycles. The van der Waals surface area contributed by atoms with Gasteiger partial charge in [0, 0.05) is 47.7 Å². The molecule has 10 heteroatoms. The van der Waals surface area contributed by atoms with Crippen LogP contribution < -0.4 is 10.6 Å². The maximum Gasteiger partial charge on any atom is 0.245 e. The highest BCUT2D eigenvalue weighted by molar-refractivity contribution is 7.99. The third-order valence-electron chi connectivity index (χ3n) is 6.84. The summed E-state index contributed by atoms with van der Waals surface area (Å²) in [4.78, 5) is 7.66. The van der Waals surface area contributed by atoms with Gasteiger partial charge < -0.3 is 15.4 Å². The van der Waals surface area contributed by atoms with Crippen molar-refractivity contribution in [3.63, 3.8) is 0 Å². The first-order valence-electron chi connectivity index (χ1n) is 11.3. The zero-order chi connectivity index (χ0) is 23.0. The number of benzene rings is 1.